The van der Waals surface area contributed by atoms with Crippen molar-refractivity contribution in [2.45, 2.75) is 19.9 Å². The summed E-state index contributed by atoms with van der Waals surface area (Å²) < 4.78 is 10.3. The second kappa shape index (κ2) is 6.62. The van der Waals surface area contributed by atoms with Crippen LogP contribution in [0.2, 0.25) is 0 Å². The molecule has 4 nitrogen and oxygen atoms in total. The maximum atomic E-state index is 5.19. The van der Waals surface area contributed by atoms with Crippen LogP contribution in [0.15, 0.2) is 17.0 Å². The lowest BCUT2D eigenvalue weighted by atomic mass is 10.4. The van der Waals surface area contributed by atoms with E-state index in [1.807, 2.05) is 6.92 Å². The molecule has 0 aliphatic rings. The van der Waals surface area contributed by atoms with Crippen LogP contribution in [0.5, 0.6) is 0 Å². The van der Waals surface area contributed by atoms with Gasteiger partial charge in [-0.2, -0.15) is 0 Å². The number of nitrogens with zero attached hydrogens (tertiary/aromatic N) is 1. The van der Waals surface area contributed by atoms with Crippen molar-refractivity contribution < 1.29 is 9.15 Å². The predicted octanol–water partition coefficient (Wildman–Crippen LogP) is 1.19. The van der Waals surface area contributed by atoms with Crippen LogP contribution in [0.3, 0.4) is 0 Å². The Morgan fingerprint density at radius 3 is 3.23 bits per heavy atom. The van der Waals surface area contributed by atoms with Gasteiger partial charge in [0.25, 0.3) is 0 Å². The number of aromatic nitrogens is 1. The molecular weight excluding hydrogens is 168 g/mol. The highest BCUT2D eigenvalue weighted by Crippen LogP contribution is 1.94. The molecule has 4 heteroatoms. The van der Waals surface area contributed by atoms with Gasteiger partial charge in [-0.3, -0.25) is 0 Å². The van der Waals surface area contributed by atoms with Gasteiger partial charge < -0.3 is 14.5 Å². The molecule has 1 aromatic heterocycles. The fourth-order valence-electron chi connectivity index (χ4n) is 0.985. The highest BCUT2D eigenvalue weighted by molar-refractivity contribution is 4.86. The third-order valence-electron chi connectivity index (χ3n) is 1.63. The van der Waals surface area contributed by atoms with E-state index in [-0.39, 0.29) is 0 Å². The third kappa shape index (κ3) is 4.65. The highest BCUT2D eigenvalue weighted by atomic mass is 16.5. The lowest BCUT2D eigenvalue weighted by Gasteiger charge is -2.02. The van der Waals surface area contributed by atoms with Gasteiger partial charge in [-0.15, -0.1) is 0 Å². The third-order valence-corrected chi connectivity index (χ3v) is 1.63. The summed E-state index contributed by atoms with van der Waals surface area (Å²) in [6, 6.07) is 0. The molecule has 0 saturated heterocycles. The molecule has 0 atom stereocenters. The second-order valence-corrected chi connectivity index (χ2v) is 2.69. The van der Waals surface area contributed by atoms with Gasteiger partial charge in [0.05, 0.1) is 12.7 Å². The summed E-state index contributed by atoms with van der Waals surface area (Å²) >= 11 is 0. The molecule has 0 aliphatic carbocycles. The number of hydrogen-bond donors (Lipinski definition) is 1. The van der Waals surface area contributed by atoms with Gasteiger partial charge in [0.2, 0.25) is 0 Å². The first-order valence-corrected chi connectivity index (χ1v) is 4.59. The van der Waals surface area contributed by atoms with Crippen LogP contribution >= 0.6 is 0 Å². The van der Waals surface area contributed by atoms with Crippen molar-refractivity contribution in [2.75, 3.05) is 19.8 Å². The van der Waals surface area contributed by atoms with Crippen molar-refractivity contribution in [1.82, 2.24) is 10.3 Å². The number of hydrogen-bond acceptors (Lipinski definition) is 4. The Bertz CT molecular complexity index is 199. The highest BCUT2D eigenvalue weighted by Gasteiger charge is 1.94. The largest absolute Gasteiger partial charge is 0.447 e. The van der Waals surface area contributed by atoms with E-state index in [9.17, 15) is 0 Å². The lowest BCUT2D eigenvalue weighted by Crippen LogP contribution is -2.15. The summed E-state index contributed by atoms with van der Waals surface area (Å²) in [5.74, 6) is 0.872. The summed E-state index contributed by atoms with van der Waals surface area (Å²) in [5.41, 5.74) is 0. The first-order chi connectivity index (χ1) is 6.43. The minimum Gasteiger partial charge on any atom is -0.447 e. The lowest BCUT2D eigenvalue weighted by molar-refractivity contribution is 0.144. The average molecular weight is 184 g/mol. The van der Waals surface area contributed by atoms with E-state index in [1.165, 1.54) is 6.39 Å². The van der Waals surface area contributed by atoms with Crippen LogP contribution in [-0.2, 0) is 11.3 Å². The monoisotopic (exact) mass is 184 g/mol. The Morgan fingerprint density at radius 2 is 2.54 bits per heavy atom. The molecule has 0 amide bonds. The van der Waals surface area contributed by atoms with Crippen LogP contribution in [0, 0.1) is 0 Å². The van der Waals surface area contributed by atoms with E-state index in [0.29, 0.717) is 0 Å². The van der Waals surface area contributed by atoms with Crippen molar-refractivity contribution in [1.29, 1.82) is 0 Å². The zero-order valence-electron chi connectivity index (χ0n) is 7.95. The first kappa shape index (κ1) is 10.2. The van der Waals surface area contributed by atoms with Gasteiger partial charge in [0.1, 0.15) is 5.76 Å². The minimum atomic E-state index is 0.742. The second-order valence-electron chi connectivity index (χ2n) is 2.69. The SMILES string of the molecule is CCOCCCNCc1cnco1. The minimum absolute atomic E-state index is 0.742. The summed E-state index contributed by atoms with van der Waals surface area (Å²) in [6.07, 6.45) is 4.19. The summed E-state index contributed by atoms with van der Waals surface area (Å²) in [7, 11) is 0. The van der Waals surface area contributed by atoms with Gasteiger partial charge >= 0.3 is 0 Å². The van der Waals surface area contributed by atoms with E-state index < -0.39 is 0 Å². The van der Waals surface area contributed by atoms with Gasteiger partial charge in [-0.1, -0.05) is 0 Å². The molecule has 0 saturated carbocycles. The predicted molar refractivity (Wildman–Crippen MR) is 49.3 cm³/mol. The van der Waals surface area contributed by atoms with Crippen molar-refractivity contribution in [3.05, 3.63) is 18.4 Å². The molecule has 0 radical (unpaired) electrons. The number of oxazole rings is 1. The average Bonchev–Trinajstić information content (AvgIpc) is 2.63. The van der Waals surface area contributed by atoms with Crippen molar-refractivity contribution in [3.8, 4) is 0 Å². The summed E-state index contributed by atoms with van der Waals surface area (Å²) in [5, 5.41) is 3.23. The maximum absolute atomic E-state index is 5.19. The Morgan fingerprint density at radius 1 is 1.62 bits per heavy atom. The van der Waals surface area contributed by atoms with E-state index in [0.717, 1.165) is 38.5 Å². The molecule has 74 valence electrons. The van der Waals surface area contributed by atoms with Crippen LogP contribution in [-0.4, -0.2) is 24.7 Å². The summed E-state index contributed by atoms with van der Waals surface area (Å²) in [6.45, 7) is 5.30. The Balaban J connectivity index is 1.90. The molecule has 13 heavy (non-hydrogen) atoms. The standard InChI is InChI=1S/C9H16N2O2/c1-2-12-5-3-4-10-6-9-7-11-8-13-9/h7-8,10H,2-6H2,1H3. The number of ether oxygens (including phenoxy) is 1. The summed E-state index contributed by atoms with van der Waals surface area (Å²) in [4.78, 5) is 3.82. The fraction of sp³-hybridized carbons (Fsp3) is 0.667. The van der Waals surface area contributed by atoms with E-state index >= 15 is 0 Å². The zero-order valence-corrected chi connectivity index (χ0v) is 7.95. The molecule has 0 aliphatic heterocycles. The van der Waals surface area contributed by atoms with Gasteiger partial charge in [0.15, 0.2) is 6.39 Å². The normalized spacial score (nSPS) is 10.5. The zero-order chi connectivity index (χ0) is 9.36. The molecule has 1 rings (SSSR count). The Kier molecular flexibility index (Phi) is 5.20. The molecule has 0 fully saturated rings. The maximum Gasteiger partial charge on any atom is 0.180 e. The van der Waals surface area contributed by atoms with Crippen molar-refractivity contribution in [2.24, 2.45) is 0 Å². The van der Waals surface area contributed by atoms with Crippen LogP contribution in [0.4, 0.5) is 0 Å². The van der Waals surface area contributed by atoms with Crippen molar-refractivity contribution >= 4 is 0 Å². The van der Waals surface area contributed by atoms with E-state index in [1.54, 1.807) is 6.20 Å². The van der Waals surface area contributed by atoms with Crippen LogP contribution in [0.25, 0.3) is 0 Å². The molecule has 1 aromatic rings. The fourth-order valence-corrected chi connectivity index (χ4v) is 0.985. The topological polar surface area (TPSA) is 47.3 Å². The van der Waals surface area contributed by atoms with Crippen LogP contribution < -0.4 is 5.32 Å². The number of nitrogens with one attached hydrogen (secondary N) is 1. The van der Waals surface area contributed by atoms with Crippen molar-refractivity contribution in [3.63, 3.8) is 0 Å². The molecule has 0 spiro atoms. The molecular formula is C9H16N2O2. The van der Waals surface area contributed by atoms with Gasteiger partial charge in [-0.25, -0.2) is 4.98 Å². The number of rotatable bonds is 7. The molecule has 1 N–H and O–H groups in total. The quantitative estimate of drug-likeness (QED) is 0.647. The molecule has 0 bridgehead atoms. The van der Waals surface area contributed by atoms with Crippen LogP contribution in [0.1, 0.15) is 19.1 Å². The molecule has 1 heterocycles. The Labute approximate surface area is 78.3 Å². The Hall–Kier alpha value is -0.870. The van der Waals surface area contributed by atoms with Gasteiger partial charge in [-0.05, 0) is 19.9 Å². The van der Waals surface area contributed by atoms with E-state index in [2.05, 4.69) is 10.3 Å². The smallest absolute Gasteiger partial charge is 0.180 e. The molecule has 0 unspecified atom stereocenters. The first-order valence-electron chi connectivity index (χ1n) is 4.59. The van der Waals surface area contributed by atoms with Gasteiger partial charge in [0, 0.05) is 13.2 Å². The van der Waals surface area contributed by atoms with E-state index in [4.69, 9.17) is 9.15 Å². The molecule has 0 aromatic carbocycles.